The molecular formula is C17H25NO3. The van der Waals surface area contributed by atoms with Crippen molar-refractivity contribution in [1.29, 1.82) is 0 Å². The molecule has 1 unspecified atom stereocenters. The highest BCUT2D eigenvalue weighted by Gasteiger charge is 2.17. The van der Waals surface area contributed by atoms with Crippen molar-refractivity contribution in [2.75, 3.05) is 0 Å². The first-order valence-electron chi connectivity index (χ1n) is 7.62. The van der Waals surface area contributed by atoms with Crippen LogP contribution >= 0.6 is 0 Å². The van der Waals surface area contributed by atoms with Crippen molar-refractivity contribution in [2.24, 2.45) is 5.92 Å². The number of carboxylic acid groups (broad SMARTS) is 1. The van der Waals surface area contributed by atoms with E-state index in [1.54, 1.807) is 0 Å². The molecule has 0 aliphatic heterocycles. The lowest BCUT2D eigenvalue weighted by Gasteiger charge is -2.20. The van der Waals surface area contributed by atoms with Gasteiger partial charge in [0, 0.05) is 12.8 Å². The van der Waals surface area contributed by atoms with Gasteiger partial charge in [-0.25, -0.2) is 0 Å². The molecule has 0 aromatic heterocycles. The summed E-state index contributed by atoms with van der Waals surface area (Å²) in [6.07, 6.45) is 2.92. The lowest BCUT2D eigenvalue weighted by molar-refractivity contribution is -0.137. The Balaban J connectivity index is 2.68. The molecule has 0 aliphatic rings. The van der Waals surface area contributed by atoms with Crippen LogP contribution in [-0.4, -0.2) is 17.0 Å². The van der Waals surface area contributed by atoms with Crippen molar-refractivity contribution in [3.05, 3.63) is 35.9 Å². The summed E-state index contributed by atoms with van der Waals surface area (Å²) in [6, 6.07) is 9.31. The molecule has 0 radical (unpaired) electrons. The largest absolute Gasteiger partial charge is 0.481 e. The van der Waals surface area contributed by atoms with Crippen LogP contribution in [0.2, 0.25) is 0 Å². The standard InChI is InChI=1S/C17H25NO3/c1-3-13(4-2)12-16(19)18-15(10-11-17(20)21)14-8-6-5-7-9-14/h5-9,13,15H,3-4,10-12H2,1-2H3,(H,18,19)(H,20,21). The summed E-state index contributed by atoms with van der Waals surface area (Å²) >= 11 is 0. The number of hydrogen-bond donors (Lipinski definition) is 2. The van der Waals surface area contributed by atoms with E-state index >= 15 is 0 Å². The normalized spacial score (nSPS) is 12.1. The zero-order valence-corrected chi connectivity index (χ0v) is 12.8. The number of carbonyl (C=O) groups is 2. The van der Waals surface area contributed by atoms with Crippen LogP contribution in [0.4, 0.5) is 0 Å². The lowest BCUT2D eigenvalue weighted by atomic mass is 9.97. The van der Waals surface area contributed by atoms with E-state index in [4.69, 9.17) is 5.11 Å². The third kappa shape index (κ3) is 6.43. The molecule has 1 aromatic carbocycles. The first-order valence-corrected chi connectivity index (χ1v) is 7.62. The number of rotatable bonds is 9. The minimum atomic E-state index is -0.842. The third-order valence-electron chi connectivity index (χ3n) is 3.81. The Morgan fingerprint density at radius 2 is 1.76 bits per heavy atom. The van der Waals surface area contributed by atoms with Gasteiger partial charge in [0.15, 0.2) is 0 Å². The Morgan fingerprint density at radius 1 is 1.14 bits per heavy atom. The minimum Gasteiger partial charge on any atom is -0.481 e. The molecule has 0 saturated carbocycles. The fourth-order valence-corrected chi connectivity index (χ4v) is 2.37. The molecule has 0 spiro atoms. The maximum absolute atomic E-state index is 12.1. The van der Waals surface area contributed by atoms with Crippen LogP contribution < -0.4 is 5.32 Å². The van der Waals surface area contributed by atoms with Gasteiger partial charge in [-0.3, -0.25) is 9.59 Å². The second-order valence-corrected chi connectivity index (χ2v) is 5.35. The Kier molecular flexibility index (Phi) is 7.51. The molecule has 1 amide bonds. The van der Waals surface area contributed by atoms with Gasteiger partial charge in [-0.15, -0.1) is 0 Å². The van der Waals surface area contributed by atoms with Crippen LogP contribution in [0.1, 0.15) is 57.6 Å². The number of carbonyl (C=O) groups excluding carboxylic acids is 1. The van der Waals surface area contributed by atoms with Gasteiger partial charge >= 0.3 is 5.97 Å². The van der Waals surface area contributed by atoms with E-state index in [-0.39, 0.29) is 18.4 Å². The summed E-state index contributed by atoms with van der Waals surface area (Å²) in [6.45, 7) is 4.17. The van der Waals surface area contributed by atoms with Gasteiger partial charge < -0.3 is 10.4 Å². The topological polar surface area (TPSA) is 66.4 Å². The predicted octanol–water partition coefficient (Wildman–Crippen LogP) is 3.54. The first kappa shape index (κ1) is 17.2. The summed E-state index contributed by atoms with van der Waals surface area (Å²) in [5.41, 5.74) is 0.955. The zero-order chi connectivity index (χ0) is 15.7. The van der Waals surface area contributed by atoms with Crippen LogP contribution in [0.5, 0.6) is 0 Å². The predicted molar refractivity (Wildman–Crippen MR) is 82.9 cm³/mol. The highest BCUT2D eigenvalue weighted by molar-refractivity contribution is 5.76. The summed E-state index contributed by atoms with van der Waals surface area (Å²) in [7, 11) is 0. The summed E-state index contributed by atoms with van der Waals surface area (Å²) in [5, 5.41) is 11.8. The molecule has 21 heavy (non-hydrogen) atoms. The lowest BCUT2D eigenvalue weighted by Crippen LogP contribution is -2.30. The smallest absolute Gasteiger partial charge is 0.303 e. The summed E-state index contributed by atoms with van der Waals surface area (Å²) < 4.78 is 0. The molecule has 0 heterocycles. The summed E-state index contributed by atoms with van der Waals surface area (Å²) in [5.74, 6) is -0.450. The molecule has 4 nitrogen and oxygen atoms in total. The third-order valence-corrected chi connectivity index (χ3v) is 3.81. The van der Waals surface area contributed by atoms with Crippen LogP contribution in [0.3, 0.4) is 0 Å². The molecule has 0 fully saturated rings. The van der Waals surface area contributed by atoms with Crippen LogP contribution in [-0.2, 0) is 9.59 Å². The van der Waals surface area contributed by atoms with Crippen molar-refractivity contribution in [3.8, 4) is 0 Å². The first-order chi connectivity index (χ1) is 10.1. The molecule has 0 saturated heterocycles. The molecule has 4 heteroatoms. The second-order valence-electron chi connectivity index (χ2n) is 5.35. The van der Waals surface area contributed by atoms with E-state index in [1.807, 2.05) is 30.3 Å². The molecule has 116 valence electrons. The monoisotopic (exact) mass is 291 g/mol. The van der Waals surface area contributed by atoms with Gasteiger partial charge in [0.1, 0.15) is 0 Å². The number of nitrogens with one attached hydrogen (secondary N) is 1. The Labute approximate surface area is 126 Å². The Morgan fingerprint density at radius 3 is 2.29 bits per heavy atom. The summed E-state index contributed by atoms with van der Waals surface area (Å²) in [4.78, 5) is 22.9. The maximum Gasteiger partial charge on any atom is 0.303 e. The van der Waals surface area contributed by atoms with E-state index in [2.05, 4.69) is 19.2 Å². The SMILES string of the molecule is CCC(CC)CC(=O)NC(CCC(=O)O)c1ccccc1. The number of amides is 1. The van der Waals surface area contributed by atoms with Crippen LogP contribution in [0.15, 0.2) is 30.3 Å². The van der Waals surface area contributed by atoms with Gasteiger partial charge in [-0.1, -0.05) is 57.0 Å². The van der Waals surface area contributed by atoms with Crippen molar-refractivity contribution in [1.82, 2.24) is 5.32 Å². The Bertz CT molecular complexity index is 441. The molecule has 1 rings (SSSR count). The van der Waals surface area contributed by atoms with E-state index in [0.29, 0.717) is 18.8 Å². The highest BCUT2D eigenvalue weighted by atomic mass is 16.4. The van der Waals surface area contributed by atoms with Gasteiger partial charge in [0.25, 0.3) is 0 Å². The molecule has 1 aromatic rings. The number of benzene rings is 1. The number of hydrogen-bond acceptors (Lipinski definition) is 2. The molecular weight excluding hydrogens is 266 g/mol. The minimum absolute atomic E-state index is 0.00272. The highest BCUT2D eigenvalue weighted by Crippen LogP contribution is 2.20. The average molecular weight is 291 g/mol. The van der Waals surface area contributed by atoms with Crippen molar-refractivity contribution < 1.29 is 14.7 Å². The van der Waals surface area contributed by atoms with Crippen molar-refractivity contribution >= 4 is 11.9 Å². The second kappa shape index (κ2) is 9.16. The van der Waals surface area contributed by atoms with E-state index in [9.17, 15) is 9.59 Å². The molecule has 2 N–H and O–H groups in total. The fraction of sp³-hybridized carbons (Fsp3) is 0.529. The maximum atomic E-state index is 12.1. The van der Waals surface area contributed by atoms with Gasteiger partial charge in [0.2, 0.25) is 5.91 Å². The van der Waals surface area contributed by atoms with Gasteiger partial charge in [-0.2, -0.15) is 0 Å². The number of carboxylic acids is 1. The number of aliphatic carboxylic acids is 1. The zero-order valence-electron chi connectivity index (χ0n) is 12.8. The fourth-order valence-electron chi connectivity index (χ4n) is 2.37. The van der Waals surface area contributed by atoms with Crippen molar-refractivity contribution in [2.45, 2.75) is 52.0 Å². The van der Waals surface area contributed by atoms with Gasteiger partial charge in [0.05, 0.1) is 6.04 Å². The van der Waals surface area contributed by atoms with Crippen molar-refractivity contribution in [3.63, 3.8) is 0 Å². The molecule has 0 aliphatic carbocycles. The van der Waals surface area contributed by atoms with E-state index in [1.165, 1.54) is 0 Å². The molecule has 0 bridgehead atoms. The average Bonchev–Trinajstić information content (AvgIpc) is 2.49. The van der Waals surface area contributed by atoms with E-state index < -0.39 is 5.97 Å². The van der Waals surface area contributed by atoms with Gasteiger partial charge in [-0.05, 0) is 17.9 Å². The van der Waals surface area contributed by atoms with E-state index in [0.717, 1.165) is 18.4 Å². The Hall–Kier alpha value is -1.84. The quantitative estimate of drug-likeness (QED) is 0.731. The van der Waals surface area contributed by atoms with Crippen LogP contribution in [0, 0.1) is 5.92 Å². The van der Waals surface area contributed by atoms with Crippen LogP contribution in [0.25, 0.3) is 0 Å². The molecule has 1 atom stereocenters.